The molecule has 1 atom stereocenters. The van der Waals surface area contributed by atoms with Crippen molar-refractivity contribution in [3.63, 3.8) is 0 Å². The SMILES string of the molecule is c1csc(C(Nc2cn[nH]c2)C2CCCC2)c1. The van der Waals surface area contributed by atoms with E-state index in [-0.39, 0.29) is 0 Å². The quantitative estimate of drug-likeness (QED) is 0.862. The number of nitrogens with one attached hydrogen (secondary N) is 2. The van der Waals surface area contributed by atoms with Crippen LogP contribution in [0.1, 0.15) is 36.6 Å². The zero-order valence-corrected chi connectivity index (χ0v) is 10.5. The van der Waals surface area contributed by atoms with Gasteiger partial charge >= 0.3 is 0 Å². The Labute approximate surface area is 105 Å². The summed E-state index contributed by atoms with van der Waals surface area (Å²) < 4.78 is 0. The maximum atomic E-state index is 4.00. The summed E-state index contributed by atoms with van der Waals surface area (Å²) in [6.45, 7) is 0. The fourth-order valence-corrected chi connectivity index (χ4v) is 3.56. The topological polar surface area (TPSA) is 40.7 Å². The lowest BCUT2D eigenvalue weighted by atomic mass is 9.96. The molecule has 17 heavy (non-hydrogen) atoms. The second kappa shape index (κ2) is 4.92. The lowest BCUT2D eigenvalue weighted by Gasteiger charge is -2.23. The van der Waals surface area contributed by atoms with Crippen LogP contribution >= 0.6 is 11.3 Å². The number of anilines is 1. The number of H-pyrrole nitrogens is 1. The maximum Gasteiger partial charge on any atom is 0.0728 e. The zero-order valence-electron chi connectivity index (χ0n) is 9.73. The van der Waals surface area contributed by atoms with Gasteiger partial charge in [-0.1, -0.05) is 18.9 Å². The highest BCUT2D eigenvalue weighted by Gasteiger charge is 2.27. The number of rotatable bonds is 4. The lowest BCUT2D eigenvalue weighted by Crippen LogP contribution is -2.17. The largest absolute Gasteiger partial charge is 0.375 e. The van der Waals surface area contributed by atoms with E-state index in [1.807, 2.05) is 23.7 Å². The van der Waals surface area contributed by atoms with Gasteiger partial charge in [-0.05, 0) is 30.2 Å². The third kappa shape index (κ3) is 2.36. The van der Waals surface area contributed by atoms with Gasteiger partial charge < -0.3 is 5.32 Å². The molecule has 0 radical (unpaired) electrons. The van der Waals surface area contributed by atoms with Crippen molar-refractivity contribution in [1.82, 2.24) is 10.2 Å². The molecule has 0 spiro atoms. The van der Waals surface area contributed by atoms with Crippen molar-refractivity contribution >= 4 is 17.0 Å². The number of thiophene rings is 1. The first-order valence-corrected chi connectivity index (χ1v) is 7.10. The zero-order chi connectivity index (χ0) is 11.5. The summed E-state index contributed by atoms with van der Waals surface area (Å²) in [5.74, 6) is 0.767. The predicted molar refractivity (Wildman–Crippen MR) is 71.2 cm³/mol. The van der Waals surface area contributed by atoms with Gasteiger partial charge in [0.1, 0.15) is 0 Å². The maximum absolute atomic E-state index is 4.00. The first kappa shape index (κ1) is 10.8. The third-order valence-electron chi connectivity index (χ3n) is 3.54. The van der Waals surface area contributed by atoms with Crippen molar-refractivity contribution in [2.45, 2.75) is 31.7 Å². The Morgan fingerprint density at radius 1 is 1.41 bits per heavy atom. The molecule has 2 heterocycles. The fourth-order valence-electron chi connectivity index (χ4n) is 2.69. The highest BCUT2D eigenvalue weighted by Crippen LogP contribution is 2.39. The van der Waals surface area contributed by atoms with Crippen molar-refractivity contribution in [2.24, 2.45) is 5.92 Å². The molecule has 4 heteroatoms. The summed E-state index contributed by atoms with van der Waals surface area (Å²) in [6, 6.07) is 4.83. The standard InChI is InChI=1S/C13H17N3S/c1-2-5-10(4-1)13(12-6-3-7-17-12)16-11-8-14-15-9-11/h3,6-10,13,16H,1-2,4-5H2,(H,14,15). The smallest absolute Gasteiger partial charge is 0.0728 e. The molecule has 1 fully saturated rings. The Morgan fingerprint density at radius 3 is 2.94 bits per heavy atom. The lowest BCUT2D eigenvalue weighted by molar-refractivity contribution is 0.475. The minimum absolute atomic E-state index is 0.454. The summed E-state index contributed by atoms with van der Waals surface area (Å²) in [5, 5.41) is 12.6. The first-order chi connectivity index (χ1) is 8.43. The van der Waals surface area contributed by atoms with Gasteiger partial charge in [-0.2, -0.15) is 5.10 Å². The summed E-state index contributed by atoms with van der Waals surface area (Å²) in [4.78, 5) is 1.44. The Balaban J connectivity index is 1.80. The molecule has 1 aliphatic rings. The van der Waals surface area contributed by atoms with Gasteiger partial charge in [-0.3, -0.25) is 5.10 Å². The van der Waals surface area contributed by atoms with Crippen molar-refractivity contribution in [2.75, 3.05) is 5.32 Å². The van der Waals surface area contributed by atoms with E-state index in [4.69, 9.17) is 0 Å². The van der Waals surface area contributed by atoms with Crippen LogP contribution in [0.5, 0.6) is 0 Å². The van der Waals surface area contributed by atoms with Crippen LogP contribution in [0.4, 0.5) is 5.69 Å². The minimum atomic E-state index is 0.454. The average Bonchev–Trinajstić information content (AvgIpc) is 3.09. The van der Waals surface area contributed by atoms with E-state index in [9.17, 15) is 0 Å². The highest BCUT2D eigenvalue weighted by atomic mass is 32.1. The van der Waals surface area contributed by atoms with E-state index in [0.29, 0.717) is 6.04 Å². The Kier molecular flexibility index (Phi) is 3.14. The normalized spacial score (nSPS) is 18.4. The van der Waals surface area contributed by atoms with Crippen LogP contribution in [-0.4, -0.2) is 10.2 Å². The Morgan fingerprint density at radius 2 is 2.29 bits per heavy atom. The predicted octanol–water partition coefficient (Wildman–Crippen LogP) is 3.81. The van der Waals surface area contributed by atoms with Gasteiger partial charge in [0.15, 0.2) is 0 Å². The number of aromatic nitrogens is 2. The van der Waals surface area contributed by atoms with Crippen molar-refractivity contribution in [1.29, 1.82) is 0 Å². The van der Waals surface area contributed by atoms with E-state index in [1.165, 1.54) is 30.6 Å². The molecular weight excluding hydrogens is 230 g/mol. The molecule has 0 bridgehead atoms. The van der Waals surface area contributed by atoms with E-state index in [0.717, 1.165) is 11.6 Å². The molecule has 1 unspecified atom stereocenters. The Hall–Kier alpha value is -1.29. The van der Waals surface area contributed by atoms with E-state index in [1.54, 1.807) is 0 Å². The van der Waals surface area contributed by atoms with Gasteiger partial charge in [0.25, 0.3) is 0 Å². The van der Waals surface area contributed by atoms with Crippen molar-refractivity contribution in [3.8, 4) is 0 Å². The first-order valence-electron chi connectivity index (χ1n) is 6.22. The molecule has 3 rings (SSSR count). The van der Waals surface area contributed by atoms with Crippen LogP contribution in [0.2, 0.25) is 0 Å². The number of hydrogen-bond acceptors (Lipinski definition) is 3. The molecule has 2 aromatic heterocycles. The molecule has 1 saturated carbocycles. The van der Waals surface area contributed by atoms with Gasteiger partial charge in [0, 0.05) is 11.1 Å². The molecule has 0 amide bonds. The van der Waals surface area contributed by atoms with E-state index < -0.39 is 0 Å². The van der Waals surface area contributed by atoms with Gasteiger partial charge in [-0.25, -0.2) is 0 Å². The van der Waals surface area contributed by atoms with Crippen LogP contribution in [0, 0.1) is 5.92 Å². The molecule has 0 aromatic carbocycles. The molecule has 1 aliphatic carbocycles. The molecule has 2 N–H and O–H groups in total. The van der Waals surface area contributed by atoms with Crippen molar-refractivity contribution < 1.29 is 0 Å². The van der Waals surface area contributed by atoms with Crippen LogP contribution in [0.3, 0.4) is 0 Å². The van der Waals surface area contributed by atoms with Gasteiger partial charge in [0.05, 0.1) is 17.9 Å². The highest BCUT2D eigenvalue weighted by molar-refractivity contribution is 7.10. The fraction of sp³-hybridized carbons (Fsp3) is 0.462. The molecule has 3 nitrogen and oxygen atoms in total. The molecule has 0 aliphatic heterocycles. The number of nitrogens with zero attached hydrogens (tertiary/aromatic N) is 1. The third-order valence-corrected chi connectivity index (χ3v) is 4.50. The van der Waals surface area contributed by atoms with Crippen LogP contribution in [0.25, 0.3) is 0 Å². The van der Waals surface area contributed by atoms with Crippen LogP contribution in [0.15, 0.2) is 29.9 Å². The average molecular weight is 247 g/mol. The second-order valence-corrected chi connectivity index (χ2v) is 5.65. The number of aromatic amines is 1. The summed E-state index contributed by atoms with van der Waals surface area (Å²) in [6.07, 6.45) is 9.21. The summed E-state index contributed by atoms with van der Waals surface area (Å²) in [5.41, 5.74) is 1.09. The second-order valence-electron chi connectivity index (χ2n) is 4.67. The van der Waals surface area contributed by atoms with Crippen molar-refractivity contribution in [3.05, 3.63) is 34.8 Å². The van der Waals surface area contributed by atoms with Gasteiger partial charge in [0.2, 0.25) is 0 Å². The Bertz CT molecular complexity index is 429. The monoisotopic (exact) mass is 247 g/mol. The number of hydrogen-bond donors (Lipinski definition) is 2. The van der Waals surface area contributed by atoms with Crippen LogP contribution < -0.4 is 5.32 Å². The van der Waals surface area contributed by atoms with E-state index in [2.05, 4.69) is 33.0 Å². The molecule has 0 saturated heterocycles. The summed E-state index contributed by atoms with van der Waals surface area (Å²) in [7, 11) is 0. The van der Waals surface area contributed by atoms with Crippen LogP contribution in [-0.2, 0) is 0 Å². The van der Waals surface area contributed by atoms with Gasteiger partial charge in [-0.15, -0.1) is 11.3 Å². The van der Waals surface area contributed by atoms with E-state index >= 15 is 0 Å². The molecule has 90 valence electrons. The minimum Gasteiger partial charge on any atom is -0.375 e. The summed E-state index contributed by atoms with van der Waals surface area (Å²) >= 11 is 1.85. The molecular formula is C13H17N3S. The molecule has 2 aromatic rings.